The van der Waals surface area contributed by atoms with Crippen LogP contribution in [0.5, 0.6) is 11.5 Å². The maximum absolute atomic E-state index is 12.9. The summed E-state index contributed by atoms with van der Waals surface area (Å²) in [6, 6.07) is 12.7. The van der Waals surface area contributed by atoms with Gasteiger partial charge in [0.1, 0.15) is 0 Å². The summed E-state index contributed by atoms with van der Waals surface area (Å²) >= 11 is 6.65. The Morgan fingerprint density at radius 3 is 2.57 bits per heavy atom. The fourth-order valence-electron chi connectivity index (χ4n) is 2.76. The largest absolute Gasteiger partial charge is 0.490 e. The molecule has 0 bridgehead atoms. The zero-order valence-corrected chi connectivity index (χ0v) is 18.4. The molecule has 1 aliphatic rings. The lowest BCUT2D eigenvalue weighted by atomic mass is 10.1. The Labute approximate surface area is 184 Å². The number of carbonyl (C=O) groups is 2. The van der Waals surface area contributed by atoms with E-state index < -0.39 is 12.1 Å². The van der Waals surface area contributed by atoms with Gasteiger partial charge in [0.15, 0.2) is 21.9 Å². The molecule has 3 rings (SSSR count). The smallest absolute Gasteiger partial charge is 0.344 e. The lowest BCUT2D eigenvalue weighted by molar-refractivity contribution is -0.144. The molecular formula is C22H21NO5S2. The average molecular weight is 444 g/mol. The molecule has 1 unspecified atom stereocenters. The number of aryl methyl sites for hydroxylation is 1. The van der Waals surface area contributed by atoms with Crippen LogP contribution in [0.1, 0.15) is 25.0 Å². The molecule has 2 aromatic carbocycles. The second-order valence-electron chi connectivity index (χ2n) is 6.59. The van der Waals surface area contributed by atoms with Gasteiger partial charge in [-0.05, 0) is 56.7 Å². The van der Waals surface area contributed by atoms with Gasteiger partial charge in [0, 0.05) is 0 Å². The molecule has 6 nitrogen and oxygen atoms in total. The van der Waals surface area contributed by atoms with Crippen LogP contribution in [0.4, 0.5) is 5.69 Å². The average Bonchev–Trinajstić information content (AvgIpc) is 2.98. The third kappa shape index (κ3) is 4.83. The van der Waals surface area contributed by atoms with Gasteiger partial charge in [0.25, 0.3) is 5.91 Å². The van der Waals surface area contributed by atoms with Gasteiger partial charge in [0.05, 0.1) is 17.2 Å². The third-order valence-electron chi connectivity index (χ3n) is 4.30. The quantitative estimate of drug-likeness (QED) is 0.493. The fraction of sp³-hybridized carbons (Fsp3) is 0.227. The van der Waals surface area contributed by atoms with Crippen molar-refractivity contribution >= 4 is 51.9 Å². The normalized spacial score (nSPS) is 16.1. The predicted molar refractivity (Wildman–Crippen MR) is 122 cm³/mol. The zero-order chi connectivity index (χ0) is 21.8. The maximum atomic E-state index is 12.9. The number of nitrogens with zero attached hydrogens (tertiary/aromatic N) is 1. The minimum absolute atomic E-state index is 0.188. The van der Waals surface area contributed by atoms with Crippen molar-refractivity contribution in [1.29, 1.82) is 0 Å². The number of carbonyl (C=O) groups excluding carboxylic acids is 1. The Kier molecular flexibility index (Phi) is 6.79. The summed E-state index contributed by atoms with van der Waals surface area (Å²) in [5, 5.41) is 9.06. The molecule has 0 radical (unpaired) electrons. The number of amides is 1. The van der Waals surface area contributed by atoms with Gasteiger partial charge in [-0.3, -0.25) is 9.69 Å². The highest BCUT2D eigenvalue weighted by Gasteiger charge is 2.33. The van der Waals surface area contributed by atoms with Crippen molar-refractivity contribution in [2.75, 3.05) is 11.5 Å². The van der Waals surface area contributed by atoms with Crippen LogP contribution in [0.15, 0.2) is 47.4 Å². The highest BCUT2D eigenvalue weighted by Crippen LogP contribution is 2.37. The molecule has 30 heavy (non-hydrogen) atoms. The molecule has 2 aromatic rings. The number of rotatable bonds is 7. The minimum Gasteiger partial charge on any atom is -0.490 e. The van der Waals surface area contributed by atoms with E-state index in [2.05, 4.69) is 0 Å². The zero-order valence-electron chi connectivity index (χ0n) is 16.7. The second kappa shape index (κ2) is 9.32. The van der Waals surface area contributed by atoms with Crippen LogP contribution in [0, 0.1) is 6.92 Å². The SMILES string of the molecule is CCOc1cc(/C=C2/SC(=S)N(c3ccc(C)cc3)C2=O)ccc1OC(C)C(=O)O. The van der Waals surface area contributed by atoms with Gasteiger partial charge in [-0.25, -0.2) is 4.79 Å². The summed E-state index contributed by atoms with van der Waals surface area (Å²) in [5.74, 6) is -0.516. The fourth-order valence-corrected chi connectivity index (χ4v) is 4.06. The first kappa shape index (κ1) is 21.9. The van der Waals surface area contributed by atoms with Crippen molar-refractivity contribution in [3.8, 4) is 11.5 Å². The molecule has 0 spiro atoms. The molecule has 1 saturated heterocycles. The van der Waals surface area contributed by atoms with Crippen LogP contribution in [0.3, 0.4) is 0 Å². The van der Waals surface area contributed by atoms with Crippen LogP contribution in [-0.4, -0.2) is 34.0 Å². The monoisotopic (exact) mass is 443 g/mol. The molecule has 1 aliphatic heterocycles. The molecular weight excluding hydrogens is 422 g/mol. The lowest BCUT2D eigenvalue weighted by Gasteiger charge is -2.15. The van der Waals surface area contributed by atoms with Crippen LogP contribution >= 0.6 is 24.0 Å². The van der Waals surface area contributed by atoms with Crippen molar-refractivity contribution in [2.24, 2.45) is 0 Å². The minimum atomic E-state index is -1.07. The van der Waals surface area contributed by atoms with E-state index in [9.17, 15) is 9.59 Å². The number of hydrogen-bond donors (Lipinski definition) is 1. The molecule has 1 atom stereocenters. The molecule has 1 amide bonds. The first-order valence-electron chi connectivity index (χ1n) is 9.31. The van der Waals surface area contributed by atoms with Gasteiger partial charge in [-0.2, -0.15) is 0 Å². The van der Waals surface area contributed by atoms with E-state index >= 15 is 0 Å². The van der Waals surface area contributed by atoms with E-state index in [0.29, 0.717) is 27.3 Å². The number of hydrogen-bond acceptors (Lipinski definition) is 6. The van der Waals surface area contributed by atoms with Crippen molar-refractivity contribution in [3.05, 3.63) is 58.5 Å². The van der Waals surface area contributed by atoms with Crippen molar-refractivity contribution < 1.29 is 24.2 Å². The van der Waals surface area contributed by atoms with Crippen molar-refractivity contribution in [1.82, 2.24) is 0 Å². The molecule has 1 fully saturated rings. The Balaban J connectivity index is 1.87. The molecule has 0 saturated carbocycles. The summed E-state index contributed by atoms with van der Waals surface area (Å²) in [6.45, 7) is 5.64. The number of carboxylic acid groups (broad SMARTS) is 1. The van der Waals surface area contributed by atoms with E-state index in [1.165, 1.54) is 23.6 Å². The summed E-state index contributed by atoms with van der Waals surface area (Å²) in [7, 11) is 0. The van der Waals surface area contributed by atoms with Gasteiger partial charge >= 0.3 is 5.97 Å². The van der Waals surface area contributed by atoms with Crippen molar-refractivity contribution in [3.63, 3.8) is 0 Å². The number of carboxylic acids is 1. The Hall–Kier alpha value is -2.84. The molecule has 1 heterocycles. The highest BCUT2D eigenvalue weighted by atomic mass is 32.2. The summed E-state index contributed by atoms with van der Waals surface area (Å²) in [5.41, 5.74) is 2.55. The standard InChI is InChI=1S/C22H21NO5S2/c1-4-27-18-11-15(7-10-17(18)28-14(3)21(25)26)12-19-20(24)23(22(29)30-19)16-8-5-13(2)6-9-16/h5-12,14H,4H2,1-3H3,(H,25,26)/b19-12+. The highest BCUT2D eigenvalue weighted by molar-refractivity contribution is 8.27. The van der Waals surface area contributed by atoms with E-state index in [1.807, 2.05) is 38.1 Å². The van der Waals surface area contributed by atoms with Crippen molar-refractivity contribution in [2.45, 2.75) is 26.9 Å². The van der Waals surface area contributed by atoms with Gasteiger partial charge in [-0.1, -0.05) is 47.7 Å². The van der Waals surface area contributed by atoms with Gasteiger partial charge in [-0.15, -0.1) is 0 Å². The number of benzene rings is 2. The summed E-state index contributed by atoms with van der Waals surface area (Å²) < 4.78 is 11.5. The van der Waals surface area contributed by atoms with Crippen LogP contribution in [0.2, 0.25) is 0 Å². The Morgan fingerprint density at radius 1 is 1.23 bits per heavy atom. The maximum Gasteiger partial charge on any atom is 0.344 e. The number of aliphatic carboxylic acids is 1. The topological polar surface area (TPSA) is 76.1 Å². The molecule has 8 heteroatoms. The lowest BCUT2D eigenvalue weighted by Crippen LogP contribution is -2.27. The van der Waals surface area contributed by atoms with Crippen LogP contribution in [-0.2, 0) is 9.59 Å². The summed E-state index contributed by atoms with van der Waals surface area (Å²) in [4.78, 5) is 26.0. The number of thioether (sulfide) groups is 1. The first-order chi connectivity index (χ1) is 14.3. The van der Waals surface area contributed by atoms with E-state index in [0.717, 1.165) is 16.8 Å². The molecule has 1 N–H and O–H groups in total. The first-order valence-corrected chi connectivity index (χ1v) is 10.5. The molecule has 0 aliphatic carbocycles. The van der Waals surface area contributed by atoms with Crippen LogP contribution in [0.25, 0.3) is 6.08 Å². The number of thiocarbonyl (C=S) groups is 1. The summed E-state index contributed by atoms with van der Waals surface area (Å²) in [6.07, 6.45) is 0.723. The van der Waals surface area contributed by atoms with E-state index in [4.69, 9.17) is 26.8 Å². The number of ether oxygens (including phenoxy) is 2. The van der Waals surface area contributed by atoms with Gasteiger partial charge in [0.2, 0.25) is 0 Å². The second-order valence-corrected chi connectivity index (χ2v) is 8.27. The molecule has 0 aromatic heterocycles. The third-order valence-corrected chi connectivity index (χ3v) is 5.60. The van der Waals surface area contributed by atoms with E-state index in [1.54, 1.807) is 24.3 Å². The predicted octanol–water partition coefficient (Wildman–Crippen LogP) is 4.65. The number of anilines is 1. The van der Waals surface area contributed by atoms with Crippen LogP contribution < -0.4 is 14.4 Å². The van der Waals surface area contributed by atoms with Gasteiger partial charge < -0.3 is 14.6 Å². The Morgan fingerprint density at radius 2 is 1.93 bits per heavy atom. The Bertz CT molecular complexity index is 1020. The molecule has 156 valence electrons. The van der Waals surface area contributed by atoms with E-state index in [-0.39, 0.29) is 5.91 Å².